The molecule has 3 rings (SSSR count). The highest BCUT2D eigenvalue weighted by atomic mass is 16.3. The van der Waals surface area contributed by atoms with E-state index in [1.807, 2.05) is 0 Å². The third-order valence-corrected chi connectivity index (χ3v) is 3.59. The van der Waals surface area contributed by atoms with Crippen LogP contribution in [0, 0.1) is 0 Å². The first kappa shape index (κ1) is 14.7. The summed E-state index contributed by atoms with van der Waals surface area (Å²) in [5.41, 5.74) is 1.76. The lowest BCUT2D eigenvalue weighted by Gasteiger charge is -2.09. The number of carbonyl (C=O) groups excluding carboxylic acids is 1. The lowest BCUT2D eigenvalue weighted by molar-refractivity contribution is 0.103. The van der Waals surface area contributed by atoms with E-state index in [1.165, 1.54) is 18.2 Å². The number of phenolic OH excluding ortho intramolecular Hbond substituents is 3. The summed E-state index contributed by atoms with van der Waals surface area (Å²) < 4.78 is 0. The van der Waals surface area contributed by atoms with Crippen LogP contribution in [0.25, 0.3) is 11.1 Å². The fourth-order valence-corrected chi connectivity index (χ4v) is 2.36. The Labute approximate surface area is 132 Å². The molecule has 0 aliphatic carbocycles. The van der Waals surface area contributed by atoms with E-state index in [0.717, 1.165) is 11.1 Å². The van der Waals surface area contributed by atoms with Crippen LogP contribution in [0.5, 0.6) is 17.2 Å². The zero-order valence-electron chi connectivity index (χ0n) is 12.1. The molecule has 0 bridgehead atoms. The van der Waals surface area contributed by atoms with Crippen molar-refractivity contribution < 1.29 is 20.1 Å². The Balaban J connectivity index is 2.06. The molecule has 0 spiro atoms. The van der Waals surface area contributed by atoms with Crippen molar-refractivity contribution in [2.75, 3.05) is 0 Å². The van der Waals surface area contributed by atoms with E-state index in [1.54, 1.807) is 48.5 Å². The van der Waals surface area contributed by atoms with Crippen LogP contribution in [0.15, 0.2) is 66.7 Å². The lowest BCUT2D eigenvalue weighted by Crippen LogP contribution is -2.02. The van der Waals surface area contributed by atoms with Gasteiger partial charge in [-0.05, 0) is 47.5 Å². The molecule has 0 atom stereocenters. The molecule has 0 saturated carbocycles. The number of carbonyl (C=O) groups is 1. The molecule has 0 aromatic heterocycles. The van der Waals surface area contributed by atoms with Crippen molar-refractivity contribution in [1.82, 2.24) is 0 Å². The van der Waals surface area contributed by atoms with Crippen molar-refractivity contribution in [1.29, 1.82) is 0 Å². The van der Waals surface area contributed by atoms with E-state index in [9.17, 15) is 20.1 Å². The molecule has 0 heterocycles. The largest absolute Gasteiger partial charge is 0.508 e. The normalized spacial score (nSPS) is 10.4. The van der Waals surface area contributed by atoms with Crippen LogP contribution in [0.2, 0.25) is 0 Å². The topological polar surface area (TPSA) is 77.8 Å². The summed E-state index contributed by atoms with van der Waals surface area (Å²) in [5, 5.41) is 29.2. The summed E-state index contributed by atoms with van der Waals surface area (Å²) in [6.45, 7) is 0. The number of hydrogen-bond acceptors (Lipinski definition) is 4. The molecule has 3 aromatic rings. The number of hydrogen-bond donors (Lipinski definition) is 3. The smallest absolute Gasteiger partial charge is 0.200 e. The third-order valence-electron chi connectivity index (χ3n) is 3.59. The van der Waals surface area contributed by atoms with E-state index in [4.69, 9.17) is 0 Å². The van der Waals surface area contributed by atoms with E-state index >= 15 is 0 Å². The minimum atomic E-state index is -0.457. The van der Waals surface area contributed by atoms with Crippen molar-refractivity contribution in [3.05, 3.63) is 77.9 Å². The molecule has 0 aliphatic rings. The number of rotatable bonds is 3. The Morgan fingerprint density at radius 3 is 1.96 bits per heavy atom. The zero-order valence-corrected chi connectivity index (χ0v) is 12.1. The molecule has 114 valence electrons. The SMILES string of the molecule is O=C(c1ccccc1O)c1cc(-c2ccc(O)cc2)ccc1O. The van der Waals surface area contributed by atoms with E-state index in [0.29, 0.717) is 0 Å². The molecule has 3 N–H and O–H groups in total. The highest BCUT2D eigenvalue weighted by Gasteiger charge is 2.17. The molecule has 0 unspecified atom stereocenters. The molecule has 23 heavy (non-hydrogen) atoms. The van der Waals surface area contributed by atoms with Gasteiger partial charge in [0.25, 0.3) is 0 Å². The van der Waals surface area contributed by atoms with Crippen LogP contribution in [0.4, 0.5) is 0 Å². The summed E-state index contributed by atoms with van der Waals surface area (Å²) in [7, 11) is 0. The summed E-state index contributed by atoms with van der Waals surface area (Å²) in [5.74, 6) is -0.591. The second-order valence-corrected chi connectivity index (χ2v) is 5.13. The number of benzene rings is 3. The molecular weight excluding hydrogens is 292 g/mol. The fraction of sp³-hybridized carbons (Fsp3) is 0. The maximum atomic E-state index is 12.6. The lowest BCUT2D eigenvalue weighted by atomic mass is 9.97. The zero-order chi connectivity index (χ0) is 16.4. The molecule has 4 heteroatoms. The van der Waals surface area contributed by atoms with Crippen LogP contribution >= 0.6 is 0 Å². The predicted molar refractivity (Wildman–Crippen MR) is 86.7 cm³/mol. The van der Waals surface area contributed by atoms with Gasteiger partial charge in [-0.3, -0.25) is 4.79 Å². The van der Waals surface area contributed by atoms with E-state index in [2.05, 4.69) is 0 Å². The molecule has 0 fully saturated rings. The molecule has 0 amide bonds. The van der Waals surface area contributed by atoms with E-state index < -0.39 is 5.78 Å². The minimum Gasteiger partial charge on any atom is -0.508 e. The van der Waals surface area contributed by atoms with Crippen LogP contribution in [-0.4, -0.2) is 21.1 Å². The van der Waals surface area contributed by atoms with Gasteiger partial charge in [0.05, 0.1) is 11.1 Å². The Bertz CT molecular complexity index is 867. The molecule has 0 aliphatic heterocycles. The fourth-order valence-electron chi connectivity index (χ4n) is 2.36. The average molecular weight is 306 g/mol. The molecule has 0 radical (unpaired) electrons. The maximum absolute atomic E-state index is 12.6. The van der Waals surface area contributed by atoms with Gasteiger partial charge in [-0.1, -0.05) is 30.3 Å². The summed E-state index contributed by atoms with van der Waals surface area (Å²) >= 11 is 0. The second kappa shape index (κ2) is 5.85. The quantitative estimate of drug-likeness (QED) is 0.645. The van der Waals surface area contributed by atoms with Crippen molar-refractivity contribution in [3.63, 3.8) is 0 Å². The Hall–Kier alpha value is -3.27. The summed E-state index contributed by atoms with van der Waals surface area (Å²) in [4.78, 5) is 12.6. The van der Waals surface area contributed by atoms with Crippen LogP contribution in [0.3, 0.4) is 0 Å². The van der Waals surface area contributed by atoms with Crippen LogP contribution in [-0.2, 0) is 0 Å². The standard InChI is InChI=1S/C19H14O4/c20-14-8-5-12(6-9-14)13-7-10-18(22)16(11-13)19(23)15-3-1-2-4-17(15)21/h1-11,20-22H. The van der Waals surface area contributed by atoms with Gasteiger partial charge in [-0.25, -0.2) is 0 Å². The van der Waals surface area contributed by atoms with Gasteiger partial charge in [0.2, 0.25) is 0 Å². The van der Waals surface area contributed by atoms with Crippen LogP contribution < -0.4 is 0 Å². The summed E-state index contributed by atoms with van der Waals surface area (Å²) in [6, 6.07) is 17.4. The van der Waals surface area contributed by atoms with Gasteiger partial charge >= 0.3 is 0 Å². The Morgan fingerprint density at radius 1 is 0.652 bits per heavy atom. The van der Waals surface area contributed by atoms with Crippen LogP contribution in [0.1, 0.15) is 15.9 Å². The van der Waals surface area contributed by atoms with Crippen molar-refractivity contribution in [2.45, 2.75) is 0 Å². The Morgan fingerprint density at radius 2 is 1.26 bits per heavy atom. The number of phenols is 3. The highest BCUT2D eigenvalue weighted by molar-refractivity contribution is 6.12. The highest BCUT2D eigenvalue weighted by Crippen LogP contribution is 2.30. The minimum absolute atomic E-state index is 0.108. The second-order valence-electron chi connectivity index (χ2n) is 5.13. The number of para-hydroxylation sites is 1. The average Bonchev–Trinajstić information content (AvgIpc) is 2.56. The molecule has 3 aromatic carbocycles. The Kier molecular flexibility index (Phi) is 3.73. The molecular formula is C19H14O4. The van der Waals surface area contributed by atoms with Crippen molar-refractivity contribution in [3.8, 4) is 28.4 Å². The van der Waals surface area contributed by atoms with E-state index in [-0.39, 0.29) is 28.4 Å². The predicted octanol–water partition coefficient (Wildman–Crippen LogP) is 3.70. The van der Waals surface area contributed by atoms with Gasteiger partial charge < -0.3 is 15.3 Å². The number of aromatic hydroxyl groups is 3. The number of ketones is 1. The maximum Gasteiger partial charge on any atom is 0.200 e. The van der Waals surface area contributed by atoms with Gasteiger partial charge in [-0.15, -0.1) is 0 Å². The molecule has 4 nitrogen and oxygen atoms in total. The first-order valence-corrected chi connectivity index (χ1v) is 7.01. The summed E-state index contributed by atoms with van der Waals surface area (Å²) in [6.07, 6.45) is 0. The van der Waals surface area contributed by atoms with Gasteiger partial charge in [0, 0.05) is 0 Å². The first-order valence-electron chi connectivity index (χ1n) is 7.01. The first-order chi connectivity index (χ1) is 11.1. The molecule has 0 saturated heterocycles. The van der Waals surface area contributed by atoms with Crippen molar-refractivity contribution >= 4 is 5.78 Å². The van der Waals surface area contributed by atoms with Gasteiger partial charge in [0.15, 0.2) is 5.78 Å². The van der Waals surface area contributed by atoms with Crippen molar-refractivity contribution in [2.24, 2.45) is 0 Å². The third kappa shape index (κ3) is 2.87. The monoisotopic (exact) mass is 306 g/mol. The van der Waals surface area contributed by atoms with Gasteiger partial charge in [-0.2, -0.15) is 0 Å². The van der Waals surface area contributed by atoms with Gasteiger partial charge in [0.1, 0.15) is 17.2 Å².